The first-order chi connectivity index (χ1) is 26.5. The van der Waals surface area contributed by atoms with E-state index in [0.717, 1.165) is 37.2 Å². The largest absolute Gasteiger partial charge is 0.493 e. The zero-order valence-corrected chi connectivity index (χ0v) is 34.0. The summed E-state index contributed by atoms with van der Waals surface area (Å²) in [5.41, 5.74) is 4.96. The fourth-order valence-electron chi connectivity index (χ4n) is 7.53. The summed E-state index contributed by atoms with van der Waals surface area (Å²) >= 11 is 12.8. The molecule has 3 aromatic carbocycles. The summed E-state index contributed by atoms with van der Waals surface area (Å²) in [5.74, 6) is 0.738. The van der Waals surface area contributed by atoms with Gasteiger partial charge in [0.15, 0.2) is 11.5 Å². The number of benzene rings is 3. The normalized spacial score (nSPS) is 16.9. The van der Waals surface area contributed by atoms with E-state index in [0.29, 0.717) is 85.0 Å². The molecule has 0 radical (unpaired) electrons. The van der Waals surface area contributed by atoms with Crippen molar-refractivity contribution in [2.24, 2.45) is 0 Å². The highest BCUT2D eigenvalue weighted by Crippen LogP contribution is 2.39. The lowest BCUT2D eigenvalue weighted by atomic mass is 9.72. The Bertz CT molecular complexity index is 1740. The summed E-state index contributed by atoms with van der Waals surface area (Å²) in [6, 6.07) is 19.0. The number of methoxy groups -OCH3 is 3. The zero-order valence-electron chi connectivity index (χ0n) is 32.4. The third-order valence-electron chi connectivity index (χ3n) is 10.7. The van der Waals surface area contributed by atoms with Crippen LogP contribution in [0.2, 0.25) is 10.0 Å². The molecule has 14 heteroatoms. The predicted molar refractivity (Wildman–Crippen MR) is 213 cm³/mol. The lowest BCUT2D eigenvalue weighted by molar-refractivity contribution is -0.145. The number of hydrazine groups is 1. The number of ether oxygens (including phenoxy) is 4. The van der Waals surface area contributed by atoms with Crippen LogP contribution in [0.25, 0.3) is 0 Å². The van der Waals surface area contributed by atoms with E-state index in [1.165, 1.54) is 21.3 Å². The Hall–Kier alpha value is -4.07. The first-order valence-electron chi connectivity index (χ1n) is 18.7. The van der Waals surface area contributed by atoms with Gasteiger partial charge in [0.2, 0.25) is 11.7 Å². The van der Waals surface area contributed by atoms with Gasteiger partial charge in [0.05, 0.1) is 49.9 Å². The number of hydrogen-bond donors (Lipinski definition) is 1. The number of carbonyl (C=O) groups excluding carboxylic acids is 3. The molecule has 2 saturated heterocycles. The van der Waals surface area contributed by atoms with Crippen LogP contribution < -0.4 is 19.6 Å². The number of esters is 1. The Morgan fingerprint density at radius 3 is 2.07 bits per heavy atom. The molecule has 5 rings (SSSR count). The van der Waals surface area contributed by atoms with Crippen molar-refractivity contribution in [3.05, 3.63) is 87.4 Å². The Balaban J connectivity index is 1.26. The molecule has 0 aliphatic carbocycles. The second kappa shape index (κ2) is 19.7. The molecule has 3 aromatic rings. The predicted octanol–water partition coefficient (Wildman–Crippen LogP) is 5.51. The molecule has 0 bridgehead atoms. The van der Waals surface area contributed by atoms with Crippen LogP contribution in [0.15, 0.2) is 60.7 Å². The number of nitrogens with one attached hydrogen (secondary N) is 1. The van der Waals surface area contributed by atoms with Gasteiger partial charge in [0, 0.05) is 51.3 Å². The number of nitrogens with zero attached hydrogens (tertiary/aromatic N) is 4. The molecule has 1 atom stereocenters. The van der Waals surface area contributed by atoms with Gasteiger partial charge in [0.25, 0.3) is 5.91 Å². The fraction of sp³-hybridized carbons (Fsp3) is 0.488. The van der Waals surface area contributed by atoms with Crippen molar-refractivity contribution in [1.29, 1.82) is 0 Å². The summed E-state index contributed by atoms with van der Waals surface area (Å²) in [4.78, 5) is 46.2. The molecule has 2 amide bonds. The molecule has 1 N–H and O–H groups in total. The van der Waals surface area contributed by atoms with Gasteiger partial charge >= 0.3 is 5.97 Å². The van der Waals surface area contributed by atoms with Crippen LogP contribution in [-0.4, -0.2) is 131 Å². The van der Waals surface area contributed by atoms with Crippen molar-refractivity contribution in [2.45, 2.75) is 37.5 Å². The van der Waals surface area contributed by atoms with Crippen LogP contribution in [0.1, 0.15) is 53.6 Å². The van der Waals surface area contributed by atoms with E-state index in [9.17, 15) is 14.4 Å². The Kier molecular flexibility index (Phi) is 15.1. The molecule has 12 nitrogen and oxygen atoms in total. The third-order valence-corrected chi connectivity index (χ3v) is 11.5. The molecular formula is C41H53Cl2N5O7. The SMILES string of the molecule is CCOC(=O)CN1CCN(NC(=O)C2(c3ccccc3)CCN(CC[C@H](CN(C)C(=O)c3cc(OC)c(OC)c(OC)c3)c3ccc(Cl)c(Cl)c3)CC2)CC1. The Labute approximate surface area is 334 Å². The summed E-state index contributed by atoms with van der Waals surface area (Å²) < 4.78 is 21.5. The summed E-state index contributed by atoms with van der Waals surface area (Å²) in [7, 11) is 6.34. The smallest absolute Gasteiger partial charge is 0.320 e. The highest BCUT2D eigenvalue weighted by atomic mass is 35.5. The minimum atomic E-state index is -0.684. The van der Waals surface area contributed by atoms with Crippen molar-refractivity contribution in [3.8, 4) is 17.2 Å². The number of piperidine rings is 1. The van der Waals surface area contributed by atoms with Crippen molar-refractivity contribution >= 4 is 41.0 Å². The van der Waals surface area contributed by atoms with Crippen LogP contribution in [0.5, 0.6) is 17.2 Å². The third kappa shape index (κ3) is 10.4. The zero-order chi connectivity index (χ0) is 39.5. The molecule has 2 heterocycles. The standard InChI is InChI=1S/C41H53Cl2N5O7/c1-6-55-37(49)28-47-20-22-48(23-21-47)44-40(51)41(32-10-8-7-9-11-32)15-18-46(19-16-41)17-14-30(29-12-13-33(42)34(43)24-29)27-45(2)39(50)31-25-35(52-3)38(54-5)36(26-31)53-4/h7-13,24-26,30H,6,14-23,27-28H2,1-5H3,(H,44,51)/t30-/m1/s1. The van der Waals surface area contributed by atoms with Gasteiger partial charge < -0.3 is 28.7 Å². The Morgan fingerprint density at radius 2 is 1.49 bits per heavy atom. The average Bonchev–Trinajstić information content (AvgIpc) is 3.20. The van der Waals surface area contributed by atoms with Gasteiger partial charge in [0.1, 0.15) is 0 Å². The molecule has 0 spiro atoms. The maximum Gasteiger partial charge on any atom is 0.320 e. The lowest BCUT2D eigenvalue weighted by Gasteiger charge is -2.43. The molecule has 2 aliphatic heterocycles. The molecule has 2 aliphatic rings. The molecule has 0 saturated carbocycles. The van der Waals surface area contributed by atoms with Crippen molar-refractivity contribution in [1.82, 2.24) is 25.1 Å². The molecule has 2 fully saturated rings. The molecule has 0 unspecified atom stereocenters. The van der Waals surface area contributed by atoms with E-state index in [4.69, 9.17) is 42.1 Å². The molecule has 0 aromatic heterocycles. The number of likely N-dealkylation sites (tertiary alicyclic amines) is 1. The average molecular weight is 799 g/mol. The van der Waals surface area contributed by atoms with Gasteiger partial charge in [-0.3, -0.25) is 24.7 Å². The highest BCUT2D eigenvalue weighted by molar-refractivity contribution is 6.42. The van der Waals surface area contributed by atoms with Crippen molar-refractivity contribution in [2.75, 3.05) is 93.9 Å². The second-order valence-electron chi connectivity index (χ2n) is 14.1. The van der Waals surface area contributed by atoms with Gasteiger partial charge in [-0.1, -0.05) is 59.6 Å². The van der Waals surface area contributed by atoms with E-state index < -0.39 is 5.41 Å². The van der Waals surface area contributed by atoms with Gasteiger partial charge in [-0.2, -0.15) is 0 Å². The minimum Gasteiger partial charge on any atom is -0.493 e. The van der Waals surface area contributed by atoms with Gasteiger partial charge in [-0.05, 0) is 81.2 Å². The molecular weight excluding hydrogens is 745 g/mol. The van der Waals surface area contributed by atoms with Gasteiger partial charge in [-0.15, -0.1) is 0 Å². The first-order valence-corrected chi connectivity index (χ1v) is 19.5. The van der Waals surface area contributed by atoms with E-state index >= 15 is 0 Å². The number of hydrogen-bond acceptors (Lipinski definition) is 10. The number of amides is 2. The summed E-state index contributed by atoms with van der Waals surface area (Å²) in [6.45, 7) is 7.61. The number of carbonyl (C=O) groups is 3. The van der Waals surface area contributed by atoms with Crippen LogP contribution in [0, 0.1) is 0 Å². The quantitative estimate of drug-likeness (QED) is 0.186. The van der Waals surface area contributed by atoms with Crippen molar-refractivity contribution in [3.63, 3.8) is 0 Å². The Morgan fingerprint density at radius 1 is 0.836 bits per heavy atom. The number of rotatable bonds is 16. The van der Waals surface area contributed by atoms with Crippen LogP contribution in [0.3, 0.4) is 0 Å². The number of halogens is 2. The molecule has 55 heavy (non-hydrogen) atoms. The number of piperazine rings is 1. The number of likely N-dealkylation sites (N-methyl/N-ethyl adjacent to an activating group) is 1. The van der Waals surface area contributed by atoms with E-state index in [-0.39, 0.29) is 30.2 Å². The summed E-state index contributed by atoms with van der Waals surface area (Å²) in [5, 5.41) is 2.90. The monoisotopic (exact) mass is 797 g/mol. The molecule has 298 valence electrons. The first kappa shape index (κ1) is 42.1. The maximum atomic E-state index is 14.2. The minimum absolute atomic E-state index is 0.00203. The van der Waals surface area contributed by atoms with E-state index in [2.05, 4.69) is 15.2 Å². The van der Waals surface area contributed by atoms with Crippen molar-refractivity contribution < 1.29 is 33.3 Å². The highest BCUT2D eigenvalue weighted by Gasteiger charge is 2.43. The van der Waals surface area contributed by atoms with E-state index in [1.54, 1.807) is 37.1 Å². The van der Waals surface area contributed by atoms with E-state index in [1.807, 2.05) is 47.5 Å². The second-order valence-corrected chi connectivity index (χ2v) is 14.9. The van der Waals surface area contributed by atoms with Crippen LogP contribution >= 0.6 is 23.2 Å². The fourth-order valence-corrected chi connectivity index (χ4v) is 7.83. The lowest BCUT2D eigenvalue weighted by Crippen LogP contribution is -2.59. The van der Waals surface area contributed by atoms with Crippen LogP contribution in [-0.2, 0) is 19.7 Å². The summed E-state index contributed by atoms with van der Waals surface area (Å²) in [6.07, 6.45) is 2.05. The van der Waals surface area contributed by atoms with Gasteiger partial charge in [-0.25, -0.2) is 5.01 Å². The van der Waals surface area contributed by atoms with Crippen LogP contribution in [0.4, 0.5) is 0 Å². The maximum absolute atomic E-state index is 14.2. The topological polar surface area (TPSA) is 113 Å².